The predicted octanol–water partition coefficient (Wildman–Crippen LogP) is 3.31. The number of aromatic nitrogens is 3. The van der Waals surface area contributed by atoms with E-state index in [1.165, 1.54) is 6.33 Å². The molecule has 0 radical (unpaired) electrons. The molecule has 0 aliphatic rings. The Hall–Kier alpha value is -0.720. The first-order chi connectivity index (χ1) is 8.16. The molecule has 0 aliphatic carbocycles. The summed E-state index contributed by atoms with van der Waals surface area (Å²) < 4.78 is 0.692. The Morgan fingerprint density at radius 3 is 3.00 bits per heavy atom. The molecule has 0 spiro atoms. The summed E-state index contributed by atoms with van der Waals surface area (Å²) in [5.74, 6) is 0.707. The third kappa shape index (κ3) is 3.37. The summed E-state index contributed by atoms with van der Waals surface area (Å²) in [7, 11) is 0. The first-order valence-corrected chi connectivity index (χ1v) is 7.03. The second-order valence-corrected chi connectivity index (χ2v) is 5.48. The molecule has 2 aromatic rings. The summed E-state index contributed by atoms with van der Waals surface area (Å²) >= 11 is 10.9. The van der Waals surface area contributed by atoms with Crippen molar-refractivity contribution in [2.75, 3.05) is 11.9 Å². The van der Waals surface area contributed by atoms with Crippen molar-refractivity contribution in [2.45, 2.75) is 13.3 Å². The van der Waals surface area contributed by atoms with Gasteiger partial charge in [0.15, 0.2) is 0 Å². The van der Waals surface area contributed by atoms with Gasteiger partial charge in [-0.1, -0.05) is 11.6 Å². The Morgan fingerprint density at radius 1 is 1.47 bits per heavy atom. The first-order valence-electron chi connectivity index (χ1n) is 4.97. The number of thiazole rings is 1. The molecule has 90 valence electrons. The Bertz CT molecular complexity index is 517. The highest BCUT2D eigenvalue weighted by atomic mass is 79.9. The molecule has 17 heavy (non-hydrogen) atoms. The summed E-state index contributed by atoms with van der Waals surface area (Å²) in [5.41, 5.74) is 1.07. The van der Waals surface area contributed by atoms with E-state index in [0.717, 1.165) is 23.7 Å². The van der Waals surface area contributed by atoms with E-state index in [1.54, 1.807) is 11.3 Å². The number of hydrogen-bond acceptors (Lipinski definition) is 5. The molecule has 0 fully saturated rings. The van der Waals surface area contributed by atoms with Gasteiger partial charge in [0.05, 0.1) is 9.48 Å². The standard InChI is InChI=1S/C10H10BrClN4S/c1-6-4-17-7(16-6)2-3-13-10-8(11)9(12)14-5-15-10/h4-5H,2-3H2,1H3,(H,13,14,15). The molecule has 0 saturated carbocycles. The minimum atomic E-state index is 0.410. The van der Waals surface area contributed by atoms with Crippen LogP contribution < -0.4 is 5.32 Å². The van der Waals surface area contributed by atoms with Crippen LogP contribution in [0.15, 0.2) is 16.2 Å². The summed E-state index contributed by atoms with van der Waals surface area (Å²) in [6.07, 6.45) is 2.30. The molecule has 1 N–H and O–H groups in total. The van der Waals surface area contributed by atoms with Crippen LogP contribution in [0.2, 0.25) is 5.15 Å². The Labute approximate surface area is 117 Å². The van der Waals surface area contributed by atoms with Crippen LogP contribution in [0, 0.1) is 6.92 Å². The molecule has 0 unspecified atom stereocenters. The molecule has 2 aromatic heterocycles. The maximum Gasteiger partial charge on any atom is 0.148 e. The quantitative estimate of drug-likeness (QED) is 0.872. The number of aryl methyl sites for hydroxylation is 1. The van der Waals surface area contributed by atoms with Crippen LogP contribution in [0.3, 0.4) is 0 Å². The van der Waals surface area contributed by atoms with Crippen molar-refractivity contribution >= 4 is 44.7 Å². The zero-order valence-corrected chi connectivity index (χ0v) is 12.2. The van der Waals surface area contributed by atoms with Crippen molar-refractivity contribution in [3.63, 3.8) is 0 Å². The zero-order valence-electron chi connectivity index (χ0n) is 9.07. The predicted molar refractivity (Wildman–Crippen MR) is 73.8 cm³/mol. The van der Waals surface area contributed by atoms with Crippen molar-refractivity contribution in [3.05, 3.63) is 32.0 Å². The van der Waals surface area contributed by atoms with Gasteiger partial charge in [0.1, 0.15) is 17.3 Å². The molecule has 0 saturated heterocycles. The van der Waals surface area contributed by atoms with E-state index in [4.69, 9.17) is 11.6 Å². The van der Waals surface area contributed by atoms with E-state index in [9.17, 15) is 0 Å². The average Bonchev–Trinajstić information content (AvgIpc) is 2.70. The third-order valence-corrected chi connectivity index (χ3v) is 4.34. The maximum absolute atomic E-state index is 5.86. The summed E-state index contributed by atoms with van der Waals surface area (Å²) in [5, 5.41) is 6.77. The highest BCUT2D eigenvalue weighted by Gasteiger charge is 2.06. The molecule has 0 amide bonds. The number of nitrogens with one attached hydrogen (secondary N) is 1. The average molecular weight is 334 g/mol. The van der Waals surface area contributed by atoms with E-state index in [2.05, 4.69) is 36.2 Å². The summed E-state index contributed by atoms with van der Waals surface area (Å²) in [6.45, 7) is 2.76. The zero-order chi connectivity index (χ0) is 12.3. The van der Waals surface area contributed by atoms with Gasteiger partial charge in [0.25, 0.3) is 0 Å². The molecular weight excluding hydrogens is 324 g/mol. The van der Waals surface area contributed by atoms with Crippen LogP contribution in [0.4, 0.5) is 5.82 Å². The lowest BCUT2D eigenvalue weighted by atomic mass is 10.4. The number of hydrogen-bond donors (Lipinski definition) is 1. The number of halogens is 2. The van der Waals surface area contributed by atoms with Gasteiger partial charge in [-0.15, -0.1) is 11.3 Å². The van der Waals surface area contributed by atoms with Crippen LogP contribution in [0.5, 0.6) is 0 Å². The Kier molecular flexibility index (Phi) is 4.31. The molecular formula is C10H10BrClN4S. The molecule has 0 aromatic carbocycles. The molecule has 0 bridgehead atoms. The lowest BCUT2D eigenvalue weighted by Crippen LogP contribution is -2.07. The third-order valence-electron chi connectivity index (χ3n) is 2.04. The van der Waals surface area contributed by atoms with Crippen LogP contribution in [0.1, 0.15) is 10.7 Å². The highest BCUT2D eigenvalue weighted by Crippen LogP contribution is 2.25. The molecule has 7 heteroatoms. The second-order valence-electron chi connectivity index (χ2n) is 3.39. The molecule has 2 heterocycles. The van der Waals surface area contributed by atoms with Crippen LogP contribution in [-0.4, -0.2) is 21.5 Å². The minimum Gasteiger partial charge on any atom is -0.369 e. The maximum atomic E-state index is 5.86. The van der Waals surface area contributed by atoms with Crippen LogP contribution in [0.25, 0.3) is 0 Å². The number of rotatable bonds is 4. The van der Waals surface area contributed by atoms with Crippen molar-refractivity contribution < 1.29 is 0 Å². The fraction of sp³-hybridized carbons (Fsp3) is 0.300. The molecule has 0 atom stereocenters. The normalized spacial score (nSPS) is 10.5. The number of anilines is 1. The van der Waals surface area contributed by atoms with Crippen molar-refractivity contribution in [2.24, 2.45) is 0 Å². The second kappa shape index (κ2) is 5.75. The van der Waals surface area contributed by atoms with Gasteiger partial charge >= 0.3 is 0 Å². The minimum absolute atomic E-state index is 0.410. The van der Waals surface area contributed by atoms with Crippen molar-refractivity contribution in [1.82, 2.24) is 15.0 Å². The van der Waals surface area contributed by atoms with E-state index in [0.29, 0.717) is 15.4 Å². The molecule has 2 rings (SSSR count). The van der Waals surface area contributed by atoms with E-state index in [-0.39, 0.29) is 0 Å². The Balaban J connectivity index is 1.92. The van der Waals surface area contributed by atoms with Gasteiger partial charge in [-0.2, -0.15) is 0 Å². The molecule has 4 nitrogen and oxygen atoms in total. The summed E-state index contributed by atoms with van der Waals surface area (Å²) in [4.78, 5) is 12.4. The van der Waals surface area contributed by atoms with Crippen molar-refractivity contribution in [3.8, 4) is 0 Å². The SMILES string of the molecule is Cc1csc(CCNc2ncnc(Cl)c2Br)n1. The van der Waals surface area contributed by atoms with Gasteiger partial charge in [-0.3, -0.25) is 0 Å². The van der Waals surface area contributed by atoms with E-state index >= 15 is 0 Å². The van der Waals surface area contributed by atoms with Crippen LogP contribution in [-0.2, 0) is 6.42 Å². The molecule has 0 aliphatic heterocycles. The van der Waals surface area contributed by atoms with Crippen LogP contribution >= 0.6 is 38.9 Å². The van der Waals surface area contributed by atoms with Gasteiger partial charge in [0, 0.05) is 24.0 Å². The van der Waals surface area contributed by atoms with Gasteiger partial charge in [-0.05, 0) is 22.9 Å². The monoisotopic (exact) mass is 332 g/mol. The lowest BCUT2D eigenvalue weighted by Gasteiger charge is -2.06. The summed E-state index contributed by atoms with van der Waals surface area (Å²) in [6, 6.07) is 0. The van der Waals surface area contributed by atoms with E-state index < -0.39 is 0 Å². The highest BCUT2D eigenvalue weighted by molar-refractivity contribution is 9.10. The van der Waals surface area contributed by atoms with Crippen molar-refractivity contribution in [1.29, 1.82) is 0 Å². The first kappa shape index (κ1) is 12.7. The number of nitrogens with zero attached hydrogens (tertiary/aromatic N) is 3. The fourth-order valence-electron chi connectivity index (χ4n) is 1.28. The lowest BCUT2D eigenvalue weighted by molar-refractivity contribution is 0.971. The topological polar surface area (TPSA) is 50.7 Å². The smallest absolute Gasteiger partial charge is 0.148 e. The fourth-order valence-corrected chi connectivity index (χ4v) is 2.53. The van der Waals surface area contributed by atoms with Gasteiger partial charge in [-0.25, -0.2) is 15.0 Å². The van der Waals surface area contributed by atoms with Gasteiger partial charge in [0.2, 0.25) is 0 Å². The Morgan fingerprint density at radius 2 is 2.29 bits per heavy atom. The largest absolute Gasteiger partial charge is 0.369 e. The van der Waals surface area contributed by atoms with E-state index in [1.807, 2.05) is 12.3 Å². The van der Waals surface area contributed by atoms with Gasteiger partial charge < -0.3 is 5.32 Å².